The second-order valence-electron chi connectivity index (χ2n) is 8.77. The minimum absolute atomic E-state index is 0.171. The van der Waals surface area contributed by atoms with Crippen molar-refractivity contribution in [2.75, 3.05) is 17.3 Å². The van der Waals surface area contributed by atoms with Crippen molar-refractivity contribution >= 4 is 28.4 Å². The lowest BCUT2D eigenvalue weighted by molar-refractivity contribution is 0.258. The molecular weight excluding hydrogens is 416 g/mol. The quantitative estimate of drug-likeness (QED) is 0.389. The van der Waals surface area contributed by atoms with E-state index >= 15 is 0 Å². The number of pyridine rings is 2. The third kappa shape index (κ3) is 4.39. The summed E-state index contributed by atoms with van der Waals surface area (Å²) < 4.78 is 5.27. The Kier molecular flexibility index (Phi) is 6.05. The summed E-state index contributed by atoms with van der Waals surface area (Å²) in [6.07, 6.45) is 4.99. The van der Waals surface area contributed by atoms with Crippen molar-refractivity contribution in [3.63, 3.8) is 0 Å². The summed E-state index contributed by atoms with van der Waals surface area (Å²) in [4.78, 5) is 34.2. The van der Waals surface area contributed by atoms with Crippen molar-refractivity contribution < 1.29 is 9.21 Å². The van der Waals surface area contributed by atoms with E-state index in [1.807, 2.05) is 12.1 Å². The molecule has 3 aromatic heterocycles. The number of H-pyrrole nitrogens is 1. The third-order valence-electron chi connectivity index (χ3n) is 5.79. The van der Waals surface area contributed by atoms with E-state index < -0.39 is 0 Å². The Balaban J connectivity index is 1.74. The number of hydrogen-bond acceptors (Lipinski definition) is 4. The van der Waals surface area contributed by atoms with Crippen LogP contribution in [-0.2, 0) is 0 Å². The van der Waals surface area contributed by atoms with E-state index in [2.05, 4.69) is 55.1 Å². The molecule has 0 unspecified atom stereocenters. The minimum atomic E-state index is -0.386. The van der Waals surface area contributed by atoms with Crippen LogP contribution in [-0.4, -0.2) is 23.0 Å². The summed E-state index contributed by atoms with van der Waals surface area (Å²) in [5, 5.41) is 3.83. The van der Waals surface area contributed by atoms with Crippen molar-refractivity contribution in [3.8, 4) is 11.1 Å². The van der Waals surface area contributed by atoms with Crippen LogP contribution in [0.4, 0.5) is 16.2 Å². The molecule has 170 valence electrons. The van der Waals surface area contributed by atoms with Crippen molar-refractivity contribution in [1.82, 2.24) is 9.97 Å². The highest BCUT2D eigenvalue weighted by atomic mass is 16.3. The van der Waals surface area contributed by atoms with Gasteiger partial charge >= 0.3 is 6.03 Å². The molecule has 0 atom stereocenters. The van der Waals surface area contributed by atoms with E-state index in [9.17, 15) is 9.59 Å². The highest BCUT2D eigenvalue weighted by Gasteiger charge is 2.22. The number of benzene rings is 1. The molecule has 0 saturated carbocycles. The summed E-state index contributed by atoms with van der Waals surface area (Å²) in [6.45, 7) is 8.38. The van der Waals surface area contributed by atoms with Gasteiger partial charge in [-0.1, -0.05) is 27.7 Å². The third-order valence-corrected chi connectivity index (χ3v) is 5.79. The lowest BCUT2D eigenvalue weighted by Crippen LogP contribution is -2.35. The molecule has 0 fully saturated rings. The second-order valence-corrected chi connectivity index (χ2v) is 8.77. The zero-order valence-corrected chi connectivity index (χ0v) is 19.5. The number of fused-ring (bicyclic) bond motifs is 1. The molecule has 0 aliphatic rings. The van der Waals surface area contributed by atoms with Crippen molar-refractivity contribution in [2.24, 2.45) is 0 Å². The fourth-order valence-corrected chi connectivity index (χ4v) is 3.91. The smallest absolute Gasteiger partial charge is 0.326 e. The van der Waals surface area contributed by atoms with E-state index in [1.165, 1.54) is 4.90 Å². The molecule has 1 aromatic carbocycles. The first-order valence-corrected chi connectivity index (χ1v) is 11.0. The highest BCUT2D eigenvalue weighted by Crippen LogP contribution is 2.37. The standard InChI is InChI=1S/C26H28N4O3/c1-15(2)20-11-19(18-8-10-33-14-18)12-21(16(3)4)23(20)28-26(32)30(5)22-13-17-7-6-9-27-24(17)29-25(22)31/h6-16H,1-5H3,(H,28,32)(H,27,29,31). The topological polar surface area (TPSA) is 91.2 Å². The number of hydrogen-bond donors (Lipinski definition) is 2. The van der Waals surface area contributed by atoms with Gasteiger partial charge in [-0.2, -0.15) is 0 Å². The number of aromatic nitrogens is 2. The van der Waals surface area contributed by atoms with Gasteiger partial charge in [0.25, 0.3) is 5.56 Å². The Hall–Kier alpha value is -3.87. The number of urea groups is 1. The van der Waals surface area contributed by atoms with Gasteiger partial charge in [0.05, 0.1) is 12.5 Å². The summed E-state index contributed by atoms with van der Waals surface area (Å²) in [5.41, 5.74) is 5.22. The Morgan fingerprint density at radius 1 is 1.06 bits per heavy atom. The summed E-state index contributed by atoms with van der Waals surface area (Å²) >= 11 is 0. The van der Waals surface area contributed by atoms with Crippen molar-refractivity contribution in [1.29, 1.82) is 0 Å². The van der Waals surface area contributed by atoms with Crippen LogP contribution in [0, 0.1) is 0 Å². The molecule has 2 N–H and O–H groups in total. The highest BCUT2D eigenvalue weighted by molar-refractivity contribution is 6.03. The molecule has 3 heterocycles. The number of anilines is 2. The number of carbonyl (C=O) groups excluding carboxylic acids is 1. The average molecular weight is 445 g/mol. The van der Waals surface area contributed by atoms with Crippen LogP contribution in [0.25, 0.3) is 22.2 Å². The maximum absolute atomic E-state index is 13.3. The zero-order valence-electron chi connectivity index (χ0n) is 19.5. The van der Waals surface area contributed by atoms with Crippen LogP contribution in [0.2, 0.25) is 0 Å². The lowest BCUT2D eigenvalue weighted by Gasteiger charge is -2.24. The number of rotatable bonds is 5. The Labute approximate surface area is 192 Å². The van der Waals surface area contributed by atoms with Gasteiger partial charge < -0.3 is 14.7 Å². The SMILES string of the molecule is CC(C)c1cc(-c2ccoc2)cc(C(C)C)c1NC(=O)N(C)c1cc2cccnc2[nH]c1=O. The molecule has 0 radical (unpaired) electrons. The minimum Gasteiger partial charge on any atom is -0.472 e. The molecule has 0 spiro atoms. The molecular formula is C26H28N4O3. The number of aromatic amines is 1. The summed E-state index contributed by atoms with van der Waals surface area (Å²) in [5.74, 6) is 0.343. The number of amides is 2. The molecule has 7 heteroatoms. The number of nitrogens with zero attached hydrogens (tertiary/aromatic N) is 2. The summed E-state index contributed by atoms with van der Waals surface area (Å²) in [6, 6.07) is 11.0. The fourth-order valence-electron chi connectivity index (χ4n) is 3.91. The van der Waals surface area contributed by atoms with Gasteiger partial charge in [0, 0.05) is 29.9 Å². The van der Waals surface area contributed by atoms with Crippen LogP contribution in [0.1, 0.15) is 50.7 Å². The van der Waals surface area contributed by atoms with Gasteiger partial charge in [-0.15, -0.1) is 0 Å². The van der Waals surface area contributed by atoms with Crippen molar-refractivity contribution in [3.05, 3.63) is 76.6 Å². The summed E-state index contributed by atoms with van der Waals surface area (Å²) in [7, 11) is 1.59. The van der Waals surface area contributed by atoms with Gasteiger partial charge in [-0.25, -0.2) is 9.78 Å². The van der Waals surface area contributed by atoms with Gasteiger partial charge in [-0.3, -0.25) is 9.69 Å². The average Bonchev–Trinajstić information content (AvgIpc) is 3.32. The predicted octanol–water partition coefficient (Wildman–Crippen LogP) is 6.10. The van der Waals surface area contributed by atoms with Crippen LogP contribution in [0.3, 0.4) is 0 Å². The zero-order chi connectivity index (χ0) is 23.7. The molecule has 0 saturated heterocycles. The number of carbonyl (C=O) groups is 1. The van der Waals surface area contributed by atoms with E-state index in [-0.39, 0.29) is 29.1 Å². The van der Waals surface area contributed by atoms with E-state index in [0.29, 0.717) is 5.65 Å². The van der Waals surface area contributed by atoms with E-state index in [0.717, 1.165) is 33.3 Å². The predicted molar refractivity (Wildman–Crippen MR) is 132 cm³/mol. The molecule has 33 heavy (non-hydrogen) atoms. The Morgan fingerprint density at radius 2 is 1.76 bits per heavy atom. The Bertz CT molecular complexity index is 1320. The van der Waals surface area contributed by atoms with Crippen LogP contribution in [0.15, 0.2) is 64.3 Å². The number of furan rings is 1. The van der Waals surface area contributed by atoms with Crippen LogP contribution < -0.4 is 15.8 Å². The van der Waals surface area contributed by atoms with Gasteiger partial charge in [0.1, 0.15) is 11.3 Å². The maximum atomic E-state index is 13.3. The van der Waals surface area contributed by atoms with E-state index in [4.69, 9.17) is 4.42 Å². The molecule has 0 aliphatic carbocycles. The monoisotopic (exact) mass is 444 g/mol. The fraction of sp³-hybridized carbons (Fsp3) is 0.269. The maximum Gasteiger partial charge on any atom is 0.326 e. The Morgan fingerprint density at radius 3 is 2.36 bits per heavy atom. The molecule has 2 amide bonds. The molecule has 0 aliphatic heterocycles. The van der Waals surface area contributed by atoms with Crippen LogP contribution >= 0.6 is 0 Å². The normalized spacial score (nSPS) is 11.4. The lowest BCUT2D eigenvalue weighted by atomic mass is 9.89. The van der Waals surface area contributed by atoms with Gasteiger partial charge in [0.15, 0.2) is 0 Å². The molecule has 0 bridgehead atoms. The van der Waals surface area contributed by atoms with Crippen molar-refractivity contribution in [2.45, 2.75) is 39.5 Å². The van der Waals surface area contributed by atoms with Gasteiger partial charge in [-0.05, 0) is 64.9 Å². The largest absolute Gasteiger partial charge is 0.472 e. The first-order chi connectivity index (χ1) is 15.8. The molecule has 7 nitrogen and oxygen atoms in total. The van der Waals surface area contributed by atoms with Gasteiger partial charge in [0.2, 0.25) is 0 Å². The first-order valence-electron chi connectivity index (χ1n) is 11.0. The van der Waals surface area contributed by atoms with E-state index in [1.54, 1.807) is 37.9 Å². The number of nitrogens with one attached hydrogen (secondary N) is 2. The molecule has 4 aromatic rings. The van der Waals surface area contributed by atoms with Crippen LogP contribution in [0.5, 0.6) is 0 Å². The molecule has 4 rings (SSSR count). The second kappa shape index (κ2) is 8.94. The first kappa shape index (κ1) is 22.3.